The van der Waals surface area contributed by atoms with Crippen molar-refractivity contribution in [2.75, 3.05) is 38.1 Å². The van der Waals surface area contributed by atoms with Gasteiger partial charge in [0.15, 0.2) is 11.5 Å². The predicted octanol–water partition coefficient (Wildman–Crippen LogP) is -0.988. The van der Waals surface area contributed by atoms with E-state index in [1.807, 2.05) is 0 Å². The van der Waals surface area contributed by atoms with Crippen LogP contribution in [-0.4, -0.2) is 87.4 Å². The molecule has 0 spiro atoms. The Balaban J connectivity index is 1.79. The van der Waals surface area contributed by atoms with Crippen molar-refractivity contribution in [2.45, 2.75) is 12.3 Å². The van der Waals surface area contributed by atoms with Gasteiger partial charge < -0.3 is 34.9 Å². The number of phosphoric ester groups is 1. The topological polar surface area (TPSA) is 253 Å². The monoisotopic (exact) mass is 518 g/mol. The summed E-state index contributed by atoms with van der Waals surface area (Å²) in [6.45, 7) is -0.502. The molecule has 0 amide bonds. The van der Waals surface area contributed by atoms with E-state index in [-0.39, 0.29) is 25.5 Å². The maximum Gasteiger partial charge on any atom is 0.481 e. The van der Waals surface area contributed by atoms with Gasteiger partial charge in [0, 0.05) is 19.6 Å². The van der Waals surface area contributed by atoms with Crippen LogP contribution in [0.4, 0.5) is 5.82 Å². The summed E-state index contributed by atoms with van der Waals surface area (Å²) in [6.07, 6.45) is 0.356. The second-order valence-electron chi connectivity index (χ2n) is 6.78. The van der Waals surface area contributed by atoms with Crippen LogP contribution in [0.15, 0.2) is 12.7 Å². The van der Waals surface area contributed by atoms with Gasteiger partial charge >= 0.3 is 23.2 Å². The Labute approximate surface area is 180 Å². The first-order chi connectivity index (χ1) is 14.7. The molecule has 32 heavy (non-hydrogen) atoms. The van der Waals surface area contributed by atoms with Gasteiger partial charge in [-0.05, 0) is 0 Å². The van der Waals surface area contributed by atoms with Crippen LogP contribution in [0, 0.1) is 0 Å². The van der Waals surface area contributed by atoms with Crippen molar-refractivity contribution in [3.63, 3.8) is 0 Å². The van der Waals surface area contributed by atoms with Gasteiger partial charge in [-0.3, -0.25) is 18.6 Å². The first kappa shape index (κ1) is 25.3. The summed E-state index contributed by atoms with van der Waals surface area (Å²) in [5, 5.41) is 0. The van der Waals surface area contributed by atoms with Crippen molar-refractivity contribution < 1.29 is 51.7 Å². The van der Waals surface area contributed by atoms with E-state index in [9.17, 15) is 28.4 Å². The van der Waals surface area contributed by atoms with E-state index >= 15 is 0 Å². The number of hydrogen-bond donors (Lipinski definition) is 6. The van der Waals surface area contributed by atoms with Crippen molar-refractivity contribution in [1.82, 2.24) is 24.4 Å². The molecule has 2 aromatic heterocycles. The molecule has 1 aliphatic heterocycles. The fourth-order valence-electron chi connectivity index (χ4n) is 3.01. The summed E-state index contributed by atoms with van der Waals surface area (Å²) in [5.41, 5.74) is 6.39. The number of rotatable bonds is 9. The lowest BCUT2D eigenvalue weighted by molar-refractivity contribution is -0.130. The Morgan fingerprint density at radius 1 is 1.12 bits per heavy atom. The van der Waals surface area contributed by atoms with E-state index in [2.05, 4.69) is 23.8 Å². The van der Waals surface area contributed by atoms with Crippen LogP contribution in [0.3, 0.4) is 0 Å². The molecule has 1 saturated heterocycles. The van der Waals surface area contributed by atoms with E-state index in [4.69, 9.17) is 20.3 Å². The zero-order valence-corrected chi connectivity index (χ0v) is 18.9. The third-order valence-corrected chi connectivity index (χ3v) is 7.20. The van der Waals surface area contributed by atoms with Crippen molar-refractivity contribution in [3.8, 4) is 0 Å². The molecule has 20 heteroatoms. The van der Waals surface area contributed by atoms with Crippen LogP contribution in [0.1, 0.15) is 6.23 Å². The van der Waals surface area contributed by atoms with Crippen LogP contribution in [0.2, 0.25) is 0 Å². The Morgan fingerprint density at radius 2 is 1.84 bits per heavy atom. The molecule has 1 aliphatic rings. The number of nitrogens with two attached hydrogens (primary N) is 1. The van der Waals surface area contributed by atoms with Crippen molar-refractivity contribution in [3.05, 3.63) is 12.7 Å². The predicted molar refractivity (Wildman–Crippen MR) is 106 cm³/mol. The number of hydrogen-bond acceptors (Lipinski definition) is 11. The molecule has 17 nitrogen and oxygen atoms in total. The summed E-state index contributed by atoms with van der Waals surface area (Å²) in [5.74, 6) is 0.124. The molecular weight excluding hydrogens is 497 g/mol. The normalized spacial score (nSPS) is 22.8. The van der Waals surface area contributed by atoms with Crippen molar-refractivity contribution in [1.29, 1.82) is 0 Å². The molecular formula is C12H21N6O11P3. The van der Waals surface area contributed by atoms with E-state index in [0.29, 0.717) is 11.2 Å². The number of phosphoric acid groups is 2. The Hall–Kier alpha value is -1.32. The molecule has 0 saturated carbocycles. The van der Waals surface area contributed by atoms with Gasteiger partial charge in [0.05, 0.1) is 25.2 Å². The summed E-state index contributed by atoms with van der Waals surface area (Å²) < 4.78 is 49.5. The van der Waals surface area contributed by atoms with Gasteiger partial charge in [-0.2, -0.15) is 4.31 Å². The molecule has 3 unspecified atom stereocenters. The molecule has 3 atom stereocenters. The number of nitrogen functional groups attached to an aromatic ring is 1. The summed E-state index contributed by atoms with van der Waals surface area (Å²) in [6, 6.07) is 0. The second kappa shape index (κ2) is 9.50. The van der Waals surface area contributed by atoms with E-state index in [0.717, 1.165) is 0 Å². The lowest BCUT2D eigenvalue weighted by Gasteiger charge is -2.38. The molecule has 0 radical (unpaired) electrons. The third-order valence-electron chi connectivity index (χ3n) is 4.26. The number of anilines is 1. The van der Waals surface area contributed by atoms with Crippen LogP contribution in [0.5, 0.6) is 0 Å². The molecule has 0 bridgehead atoms. The fourth-order valence-corrected chi connectivity index (χ4v) is 5.17. The Kier molecular flexibility index (Phi) is 7.52. The first-order valence-electron chi connectivity index (χ1n) is 8.82. The minimum Gasteiger partial charge on any atom is -0.382 e. The van der Waals surface area contributed by atoms with Gasteiger partial charge in [0.25, 0.3) is 0 Å². The van der Waals surface area contributed by atoms with Gasteiger partial charge in [-0.25, -0.2) is 24.1 Å². The van der Waals surface area contributed by atoms with Gasteiger partial charge in [-0.15, -0.1) is 0 Å². The van der Waals surface area contributed by atoms with Crippen LogP contribution >= 0.6 is 23.2 Å². The maximum absolute atomic E-state index is 11.7. The SMILES string of the molecule is Nc1ncnc2c1ncn2C1CN(CCP(=O)(O)O)CC(COP(=O)(O)OP(=O)(O)O)O1. The lowest BCUT2D eigenvalue weighted by Crippen LogP contribution is -2.48. The second-order valence-corrected chi connectivity index (χ2v) is 11.4. The molecule has 3 rings (SSSR count). The van der Waals surface area contributed by atoms with Gasteiger partial charge in [-0.1, -0.05) is 0 Å². The number of fused-ring (bicyclic) bond motifs is 1. The fraction of sp³-hybridized carbons (Fsp3) is 0.583. The highest BCUT2D eigenvalue weighted by atomic mass is 31.3. The Morgan fingerprint density at radius 3 is 2.50 bits per heavy atom. The number of ether oxygens (including phenoxy) is 1. The average molecular weight is 518 g/mol. The van der Waals surface area contributed by atoms with E-state index < -0.39 is 48.3 Å². The van der Waals surface area contributed by atoms with Crippen LogP contribution in [0.25, 0.3) is 11.2 Å². The smallest absolute Gasteiger partial charge is 0.382 e. The molecule has 0 aliphatic carbocycles. The van der Waals surface area contributed by atoms with Crippen LogP contribution in [-0.2, 0) is 27.3 Å². The number of imidazole rings is 1. The van der Waals surface area contributed by atoms with Crippen LogP contribution < -0.4 is 5.73 Å². The summed E-state index contributed by atoms with van der Waals surface area (Å²) in [4.78, 5) is 58.9. The molecule has 7 N–H and O–H groups in total. The molecule has 3 heterocycles. The van der Waals surface area contributed by atoms with E-state index in [1.54, 1.807) is 4.90 Å². The molecule has 1 fully saturated rings. The average Bonchev–Trinajstić information content (AvgIpc) is 3.08. The standard InChI is InChI=1S/C12H21N6O11P3/c13-11-10-12(15-6-14-11)18(7-16-10)9-4-17(1-2-30(19,20)21)3-8(28-9)5-27-32(25,26)29-31(22,23)24/h6-9H,1-5H2,(H,25,26)(H2,13,14,15)(H2,19,20,21)(H2,22,23,24). The lowest BCUT2D eigenvalue weighted by atomic mass is 10.2. The summed E-state index contributed by atoms with van der Waals surface area (Å²) in [7, 11) is -14.7. The number of morpholine rings is 1. The molecule has 0 aromatic carbocycles. The quantitative estimate of drug-likeness (QED) is 0.218. The number of aromatic nitrogens is 4. The zero-order chi connectivity index (χ0) is 23.7. The zero-order valence-electron chi connectivity index (χ0n) is 16.2. The minimum absolute atomic E-state index is 0.0240. The number of nitrogens with zero attached hydrogens (tertiary/aromatic N) is 5. The van der Waals surface area contributed by atoms with Crippen molar-refractivity contribution >= 4 is 40.2 Å². The largest absolute Gasteiger partial charge is 0.481 e. The molecule has 180 valence electrons. The first-order valence-corrected chi connectivity index (χ1v) is 13.6. The molecule has 2 aromatic rings. The highest BCUT2D eigenvalue weighted by Gasteiger charge is 2.36. The third kappa shape index (κ3) is 7.09. The maximum atomic E-state index is 11.7. The minimum atomic E-state index is -5.30. The van der Waals surface area contributed by atoms with Gasteiger partial charge in [0.1, 0.15) is 18.1 Å². The van der Waals surface area contributed by atoms with E-state index in [1.165, 1.54) is 17.2 Å². The highest BCUT2D eigenvalue weighted by Crippen LogP contribution is 2.57. The Bertz CT molecular complexity index is 1100. The highest BCUT2D eigenvalue weighted by molar-refractivity contribution is 7.60. The van der Waals surface area contributed by atoms with Crippen molar-refractivity contribution in [2.24, 2.45) is 0 Å². The van der Waals surface area contributed by atoms with Gasteiger partial charge in [0.2, 0.25) is 0 Å². The summed E-state index contributed by atoms with van der Waals surface area (Å²) >= 11 is 0.